The summed E-state index contributed by atoms with van der Waals surface area (Å²) in [6.07, 6.45) is 3.31. The molecule has 7 nitrogen and oxygen atoms in total. The molecule has 32 heavy (non-hydrogen) atoms. The molecule has 0 unspecified atom stereocenters. The van der Waals surface area contributed by atoms with E-state index in [1.54, 1.807) is 4.52 Å². The second-order valence-electron chi connectivity index (χ2n) is 7.30. The molecule has 0 atom stereocenters. The lowest BCUT2D eigenvalue weighted by Gasteiger charge is -2.08. The minimum absolute atomic E-state index is 0.495. The maximum atomic E-state index is 11.3. The largest absolute Gasteiger partial charge is 0.349 e. The molecule has 5 aromatic rings. The van der Waals surface area contributed by atoms with Crippen LogP contribution in [0, 0.1) is 0 Å². The summed E-state index contributed by atoms with van der Waals surface area (Å²) in [5.74, 6) is 1.42. The van der Waals surface area contributed by atoms with Crippen molar-refractivity contribution in [3.05, 3.63) is 96.4 Å². The monoisotopic (exact) mass is 442 g/mol. The molecule has 0 saturated carbocycles. The highest BCUT2D eigenvalue weighted by Gasteiger charge is 2.12. The van der Waals surface area contributed by atoms with Gasteiger partial charge in [-0.05, 0) is 58.3 Å². The van der Waals surface area contributed by atoms with Crippen molar-refractivity contribution >= 4 is 41.7 Å². The number of anilines is 2. The Kier molecular flexibility index (Phi) is 5.07. The number of rotatable bonds is 5. The van der Waals surface area contributed by atoms with Crippen molar-refractivity contribution in [2.24, 2.45) is 0 Å². The highest BCUT2D eigenvalue weighted by atomic mass is 31.2. The van der Waals surface area contributed by atoms with Gasteiger partial charge in [-0.15, -0.1) is 5.10 Å². The van der Waals surface area contributed by atoms with Crippen molar-refractivity contribution in [1.82, 2.24) is 14.6 Å². The summed E-state index contributed by atoms with van der Waals surface area (Å²) in [5.41, 5.74) is 4.16. The smallest absolute Gasteiger partial charge is 0.323 e. The van der Waals surface area contributed by atoms with E-state index in [1.165, 1.54) is 6.08 Å². The van der Waals surface area contributed by atoms with Crippen molar-refractivity contribution in [3.8, 4) is 11.1 Å². The lowest BCUT2D eigenvalue weighted by atomic mass is 9.99. The van der Waals surface area contributed by atoms with E-state index in [9.17, 15) is 14.4 Å². The van der Waals surface area contributed by atoms with Gasteiger partial charge in [-0.1, -0.05) is 48.5 Å². The molecule has 0 fully saturated rings. The normalized spacial score (nSPS) is 12.1. The zero-order chi connectivity index (χ0) is 22.1. The van der Waals surface area contributed by atoms with Crippen LogP contribution < -0.4 is 5.32 Å². The zero-order valence-corrected chi connectivity index (χ0v) is 17.7. The molecule has 2 aromatic heterocycles. The number of aromatic nitrogens is 3. The summed E-state index contributed by atoms with van der Waals surface area (Å²) in [6, 6.07) is 25.3. The Morgan fingerprint density at radius 2 is 1.78 bits per heavy atom. The van der Waals surface area contributed by atoms with Gasteiger partial charge in [0.2, 0.25) is 5.95 Å². The summed E-state index contributed by atoms with van der Waals surface area (Å²) in [4.78, 5) is 23.1. The van der Waals surface area contributed by atoms with Gasteiger partial charge in [0.1, 0.15) is 0 Å². The van der Waals surface area contributed by atoms with E-state index in [1.807, 2.05) is 85.1 Å². The molecule has 8 heteroatoms. The van der Waals surface area contributed by atoms with Crippen LogP contribution in [-0.2, 0) is 4.57 Å². The quantitative estimate of drug-likeness (QED) is 0.314. The number of benzene rings is 3. The van der Waals surface area contributed by atoms with Crippen LogP contribution in [0.3, 0.4) is 0 Å². The van der Waals surface area contributed by atoms with E-state index in [2.05, 4.69) is 15.4 Å². The van der Waals surface area contributed by atoms with Gasteiger partial charge in [-0.3, -0.25) is 4.57 Å². The molecule has 0 amide bonds. The predicted molar refractivity (Wildman–Crippen MR) is 127 cm³/mol. The Morgan fingerprint density at radius 3 is 2.59 bits per heavy atom. The van der Waals surface area contributed by atoms with Crippen LogP contribution in [0.4, 0.5) is 11.6 Å². The average Bonchev–Trinajstić information content (AvgIpc) is 3.20. The summed E-state index contributed by atoms with van der Waals surface area (Å²) < 4.78 is 13.0. The van der Waals surface area contributed by atoms with Gasteiger partial charge < -0.3 is 15.1 Å². The first-order valence-corrected chi connectivity index (χ1v) is 11.6. The van der Waals surface area contributed by atoms with Crippen LogP contribution >= 0.6 is 7.60 Å². The van der Waals surface area contributed by atoms with Crippen molar-refractivity contribution in [3.63, 3.8) is 0 Å². The highest BCUT2D eigenvalue weighted by molar-refractivity contribution is 7.55. The van der Waals surface area contributed by atoms with Gasteiger partial charge in [0.05, 0.1) is 0 Å². The fourth-order valence-electron chi connectivity index (χ4n) is 3.62. The van der Waals surface area contributed by atoms with E-state index >= 15 is 0 Å². The van der Waals surface area contributed by atoms with Crippen molar-refractivity contribution in [2.75, 3.05) is 5.32 Å². The summed E-state index contributed by atoms with van der Waals surface area (Å²) in [5, 5.41) is 9.60. The standard InChI is InChI=1S/C24H19N4O3P/c29-32(30,31)15-13-18-7-4-6-17-11-12-19(16-22(17)18)21-10-5-14-28-23(21)26-24(27-28)25-20-8-2-1-3-9-20/h1-16H,(H,25,27)(H2,29,30,31)/b15-13+. The Morgan fingerprint density at radius 1 is 0.938 bits per heavy atom. The topological polar surface area (TPSA) is 99.8 Å². The Hall–Kier alpha value is -3.77. The van der Waals surface area contributed by atoms with E-state index in [4.69, 9.17) is 0 Å². The molecule has 0 radical (unpaired) electrons. The van der Waals surface area contributed by atoms with Gasteiger partial charge in [-0.25, -0.2) is 4.52 Å². The van der Waals surface area contributed by atoms with Crippen LogP contribution in [0.25, 0.3) is 33.6 Å². The van der Waals surface area contributed by atoms with Crippen molar-refractivity contribution in [2.45, 2.75) is 0 Å². The molecule has 0 bridgehead atoms. The van der Waals surface area contributed by atoms with Gasteiger partial charge in [0.15, 0.2) is 5.65 Å². The van der Waals surface area contributed by atoms with E-state index in [0.717, 1.165) is 39.0 Å². The SMILES string of the molecule is O=P(O)(O)/C=C/c1cccc2ccc(-c3cccn4nc(Nc5ccccc5)nc34)cc12. The predicted octanol–water partition coefficient (Wildman–Crippen LogP) is 5.44. The number of nitrogens with zero attached hydrogens (tertiary/aromatic N) is 3. The average molecular weight is 442 g/mol. The number of pyridine rings is 1. The fraction of sp³-hybridized carbons (Fsp3) is 0. The van der Waals surface area contributed by atoms with Crippen molar-refractivity contribution in [1.29, 1.82) is 0 Å². The van der Waals surface area contributed by atoms with E-state index in [-0.39, 0.29) is 0 Å². The maximum absolute atomic E-state index is 11.3. The third kappa shape index (κ3) is 4.18. The van der Waals surface area contributed by atoms with Gasteiger partial charge in [0, 0.05) is 23.3 Å². The third-order valence-electron chi connectivity index (χ3n) is 5.07. The first-order valence-electron chi connectivity index (χ1n) is 9.91. The molecule has 3 aromatic carbocycles. The summed E-state index contributed by atoms with van der Waals surface area (Å²) in [6.45, 7) is 0. The second-order valence-corrected chi connectivity index (χ2v) is 8.78. The number of hydrogen-bond acceptors (Lipinski definition) is 4. The summed E-state index contributed by atoms with van der Waals surface area (Å²) in [7, 11) is -4.25. The minimum atomic E-state index is -4.25. The number of hydrogen-bond donors (Lipinski definition) is 3. The van der Waals surface area contributed by atoms with Gasteiger partial charge >= 0.3 is 7.60 Å². The maximum Gasteiger partial charge on any atom is 0.349 e. The lowest BCUT2D eigenvalue weighted by molar-refractivity contribution is 0.386. The second kappa shape index (κ2) is 8.05. The molecule has 158 valence electrons. The molecule has 5 rings (SSSR count). The van der Waals surface area contributed by atoms with Crippen LogP contribution in [0.2, 0.25) is 0 Å². The highest BCUT2D eigenvalue weighted by Crippen LogP contribution is 2.38. The molecule has 0 saturated heterocycles. The summed E-state index contributed by atoms with van der Waals surface area (Å²) >= 11 is 0. The first kappa shape index (κ1) is 20.2. The van der Waals surface area contributed by atoms with Crippen molar-refractivity contribution < 1.29 is 14.4 Å². The molecule has 0 spiro atoms. The van der Waals surface area contributed by atoms with Gasteiger partial charge in [-0.2, -0.15) is 4.98 Å². The van der Waals surface area contributed by atoms with Crippen LogP contribution in [-0.4, -0.2) is 24.4 Å². The molecular formula is C24H19N4O3P. The zero-order valence-electron chi connectivity index (χ0n) is 16.8. The van der Waals surface area contributed by atoms with E-state index < -0.39 is 7.60 Å². The molecule has 0 aliphatic carbocycles. The van der Waals surface area contributed by atoms with E-state index in [0.29, 0.717) is 11.6 Å². The fourth-order valence-corrected chi connectivity index (χ4v) is 3.98. The molecule has 2 heterocycles. The van der Waals surface area contributed by atoms with Crippen LogP contribution in [0.15, 0.2) is 90.9 Å². The van der Waals surface area contributed by atoms with Gasteiger partial charge in [0.25, 0.3) is 0 Å². The molecular weight excluding hydrogens is 423 g/mol. The Labute approximate surface area is 183 Å². The Bertz CT molecular complexity index is 1510. The number of para-hydroxylation sites is 1. The minimum Gasteiger partial charge on any atom is -0.323 e. The number of fused-ring (bicyclic) bond motifs is 2. The third-order valence-corrected chi connectivity index (χ3v) is 5.60. The first-order chi connectivity index (χ1) is 15.5. The lowest BCUT2D eigenvalue weighted by Crippen LogP contribution is -1.92. The molecule has 0 aliphatic rings. The Balaban J connectivity index is 1.59. The van der Waals surface area contributed by atoms with Crippen LogP contribution in [0.1, 0.15) is 5.56 Å². The molecule has 0 aliphatic heterocycles. The number of nitrogens with one attached hydrogen (secondary N) is 1. The van der Waals surface area contributed by atoms with Crippen LogP contribution in [0.5, 0.6) is 0 Å². The molecule has 3 N–H and O–H groups in total.